The van der Waals surface area contributed by atoms with E-state index in [0.717, 1.165) is 18.7 Å². The molecule has 0 saturated carbocycles. The van der Waals surface area contributed by atoms with E-state index < -0.39 is 0 Å². The van der Waals surface area contributed by atoms with Crippen LogP contribution in [-0.4, -0.2) is 20.5 Å². The van der Waals surface area contributed by atoms with E-state index in [1.807, 2.05) is 16.8 Å². The van der Waals surface area contributed by atoms with Crippen LogP contribution >= 0.6 is 0 Å². The first kappa shape index (κ1) is 11.6. The molecule has 90 valence electrons. The van der Waals surface area contributed by atoms with Crippen LogP contribution < -0.4 is 0 Å². The minimum absolute atomic E-state index is 0.0308. The third-order valence-electron chi connectivity index (χ3n) is 2.48. The lowest BCUT2D eigenvalue weighted by Gasteiger charge is -2.02. The van der Waals surface area contributed by atoms with Crippen LogP contribution in [0.15, 0.2) is 22.9 Å². The zero-order valence-electron chi connectivity index (χ0n) is 10.0. The zero-order chi connectivity index (χ0) is 12.3. The Morgan fingerprint density at radius 1 is 1.53 bits per heavy atom. The summed E-state index contributed by atoms with van der Waals surface area (Å²) < 4.78 is 6.94. The van der Waals surface area contributed by atoms with Crippen LogP contribution in [0.25, 0.3) is 0 Å². The number of aromatic nitrogens is 3. The van der Waals surface area contributed by atoms with Gasteiger partial charge in [-0.3, -0.25) is 4.79 Å². The number of aryl methyl sites for hydroxylation is 1. The monoisotopic (exact) mass is 233 g/mol. The predicted molar refractivity (Wildman–Crippen MR) is 61.8 cm³/mol. The molecule has 0 aliphatic heterocycles. The predicted octanol–water partition coefficient (Wildman–Crippen LogP) is 2.07. The lowest BCUT2D eigenvalue weighted by molar-refractivity contribution is 0.100. The highest BCUT2D eigenvalue weighted by molar-refractivity contribution is 5.92. The van der Waals surface area contributed by atoms with Crippen LogP contribution in [0.1, 0.15) is 42.5 Å². The van der Waals surface area contributed by atoms with E-state index in [0.29, 0.717) is 18.1 Å². The quantitative estimate of drug-likeness (QED) is 0.742. The zero-order valence-corrected chi connectivity index (χ0v) is 10.0. The second kappa shape index (κ2) is 4.95. The first-order valence-electron chi connectivity index (χ1n) is 5.68. The molecular weight excluding hydrogens is 218 g/mol. The molecule has 2 heterocycles. The molecular formula is C12H15N3O2. The number of hydrogen-bond acceptors (Lipinski definition) is 4. The van der Waals surface area contributed by atoms with Crippen molar-refractivity contribution in [2.45, 2.75) is 33.2 Å². The maximum Gasteiger partial charge on any atom is 0.246 e. The Bertz CT molecular complexity index is 513. The van der Waals surface area contributed by atoms with Gasteiger partial charge in [-0.15, -0.1) is 0 Å². The first-order chi connectivity index (χ1) is 8.20. The molecule has 0 aliphatic carbocycles. The van der Waals surface area contributed by atoms with Crippen molar-refractivity contribution in [1.82, 2.24) is 14.7 Å². The van der Waals surface area contributed by atoms with E-state index in [2.05, 4.69) is 17.1 Å². The van der Waals surface area contributed by atoms with Crippen LogP contribution in [0.4, 0.5) is 0 Å². The number of rotatable bonds is 5. The van der Waals surface area contributed by atoms with Crippen molar-refractivity contribution in [3.05, 3.63) is 35.7 Å². The van der Waals surface area contributed by atoms with Crippen molar-refractivity contribution in [1.29, 1.82) is 0 Å². The summed E-state index contributed by atoms with van der Waals surface area (Å²) in [4.78, 5) is 15.6. The van der Waals surface area contributed by atoms with Crippen LogP contribution in [0.5, 0.6) is 0 Å². The average molecular weight is 233 g/mol. The third-order valence-corrected chi connectivity index (χ3v) is 2.48. The van der Waals surface area contributed by atoms with Crippen molar-refractivity contribution in [2.24, 2.45) is 0 Å². The molecule has 5 heteroatoms. The number of Topliss-reactive ketones (excluding diaryl/α,β-unsaturated/α-hetero) is 1. The molecule has 0 fully saturated rings. The Morgan fingerprint density at radius 3 is 3.06 bits per heavy atom. The molecule has 2 rings (SSSR count). The highest BCUT2D eigenvalue weighted by atomic mass is 16.5. The maximum absolute atomic E-state index is 11.3. The number of ketones is 1. The summed E-state index contributed by atoms with van der Waals surface area (Å²) in [6.07, 6.45) is 3.64. The van der Waals surface area contributed by atoms with Crippen LogP contribution in [0, 0.1) is 0 Å². The van der Waals surface area contributed by atoms with Gasteiger partial charge in [0.15, 0.2) is 11.6 Å². The fourth-order valence-electron chi connectivity index (χ4n) is 1.70. The number of carbonyl (C=O) groups is 1. The molecule has 0 bridgehead atoms. The van der Waals surface area contributed by atoms with Gasteiger partial charge in [-0.2, -0.15) is 4.98 Å². The lowest BCUT2D eigenvalue weighted by atomic mass is 10.3. The highest BCUT2D eigenvalue weighted by Gasteiger charge is 2.10. The Kier molecular flexibility index (Phi) is 3.37. The van der Waals surface area contributed by atoms with Crippen molar-refractivity contribution in [3.8, 4) is 0 Å². The molecule has 2 aromatic rings. The summed E-state index contributed by atoms with van der Waals surface area (Å²) in [6.45, 7) is 4.05. The summed E-state index contributed by atoms with van der Waals surface area (Å²) in [7, 11) is 0. The Balaban J connectivity index is 2.14. The Labute approximate surface area is 99.4 Å². The first-order valence-corrected chi connectivity index (χ1v) is 5.68. The fraction of sp³-hybridized carbons (Fsp3) is 0.417. The van der Waals surface area contributed by atoms with E-state index >= 15 is 0 Å². The molecule has 0 saturated heterocycles. The molecule has 0 radical (unpaired) electrons. The third kappa shape index (κ3) is 2.61. The van der Waals surface area contributed by atoms with Gasteiger partial charge in [-0.1, -0.05) is 12.1 Å². The minimum Gasteiger partial charge on any atom is -0.337 e. The van der Waals surface area contributed by atoms with Gasteiger partial charge in [-0.05, 0) is 18.6 Å². The normalized spacial score (nSPS) is 10.7. The minimum atomic E-state index is 0.0308. The number of nitrogens with zero attached hydrogens (tertiary/aromatic N) is 3. The molecule has 2 aromatic heterocycles. The topological polar surface area (TPSA) is 60.9 Å². The van der Waals surface area contributed by atoms with Gasteiger partial charge in [-0.25, -0.2) is 0 Å². The van der Waals surface area contributed by atoms with Crippen LogP contribution in [0.3, 0.4) is 0 Å². The second-order valence-corrected chi connectivity index (χ2v) is 3.93. The molecule has 5 nitrogen and oxygen atoms in total. The Hall–Kier alpha value is -1.91. The summed E-state index contributed by atoms with van der Waals surface area (Å²) >= 11 is 0. The standard InChI is InChI=1S/C12H15N3O2/c1-3-5-11-13-12(17-14-11)8-15-7-4-6-10(15)9(2)16/h4,6-7H,3,5,8H2,1-2H3. The van der Waals surface area contributed by atoms with Gasteiger partial charge >= 0.3 is 0 Å². The number of hydrogen-bond donors (Lipinski definition) is 0. The van der Waals surface area contributed by atoms with E-state index in [4.69, 9.17) is 4.52 Å². The molecule has 0 spiro atoms. The van der Waals surface area contributed by atoms with E-state index in [-0.39, 0.29) is 5.78 Å². The molecule has 0 unspecified atom stereocenters. The van der Waals surface area contributed by atoms with Crippen LogP contribution in [-0.2, 0) is 13.0 Å². The molecule has 0 aromatic carbocycles. The van der Waals surface area contributed by atoms with Gasteiger partial charge < -0.3 is 9.09 Å². The summed E-state index contributed by atoms with van der Waals surface area (Å²) in [5, 5.41) is 3.88. The van der Waals surface area contributed by atoms with E-state index in [9.17, 15) is 4.79 Å². The van der Waals surface area contributed by atoms with Crippen molar-refractivity contribution in [2.75, 3.05) is 0 Å². The smallest absolute Gasteiger partial charge is 0.246 e. The Morgan fingerprint density at radius 2 is 2.35 bits per heavy atom. The molecule has 17 heavy (non-hydrogen) atoms. The average Bonchev–Trinajstić information content (AvgIpc) is 2.89. The fourth-order valence-corrected chi connectivity index (χ4v) is 1.70. The van der Waals surface area contributed by atoms with Crippen LogP contribution in [0.2, 0.25) is 0 Å². The van der Waals surface area contributed by atoms with Crippen molar-refractivity contribution in [3.63, 3.8) is 0 Å². The molecule has 0 aliphatic rings. The highest BCUT2D eigenvalue weighted by Crippen LogP contribution is 2.08. The van der Waals surface area contributed by atoms with Gasteiger partial charge in [0.2, 0.25) is 5.89 Å². The molecule has 0 N–H and O–H groups in total. The van der Waals surface area contributed by atoms with Crippen molar-refractivity contribution >= 4 is 5.78 Å². The number of carbonyl (C=O) groups excluding carboxylic acids is 1. The largest absolute Gasteiger partial charge is 0.337 e. The summed E-state index contributed by atoms with van der Waals surface area (Å²) in [6, 6.07) is 3.62. The van der Waals surface area contributed by atoms with E-state index in [1.54, 1.807) is 13.0 Å². The maximum atomic E-state index is 11.3. The van der Waals surface area contributed by atoms with Gasteiger partial charge in [0.05, 0.1) is 5.69 Å². The van der Waals surface area contributed by atoms with Gasteiger partial charge in [0.1, 0.15) is 6.54 Å². The summed E-state index contributed by atoms with van der Waals surface area (Å²) in [5.74, 6) is 1.29. The van der Waals surface area contributed by atoms with Gasteiger partial charge in [0, 0.05) is 19.5 Å². The summed E-state index contributed by atoms with van der Waals surface area (Å²) in [5.41, 5.74) is 0.653. The molecule has 0 atom stereocenters. The lowest BCUT2D eigenvalue weighted by Crippen LogP contribution is -2.06. The van der Waals surface area contributed by atoms with Crippen molar-refractivity contribution < 1.29 is 9.32 Å². The SMILES string of the molecule is CCCc1noc(Cn2cccc2C(C)=O)n1. The van der Waals surface area contributed by atoms with E-state index in [1.165, 1.54) is 0 Å². The second-order valence-electron chi connectivity index (χ2n) is 3.93. The molecule has 0 amide bonds. The van der Waals surface area contributed by atoms with Gasteiger partial charge in [0.25, 0.3) is 0 Å².